The van der Waals surface area contributed by atoms with Crippen molar-refractivity contribution in [2.24, 2.45) is 0 Å². The SMILES string of the molecule is CCn1cc(S(=O)(=O)NCCOCC(=O)O)nc1C. The van der Waals surface area contributed by atoms with Gasteiger partial charge in [0.05, 0.1) is 6.61 Å². The van der Waals surface area contributed by atoms with Crippen LogP contribution in [0.4, 0.5) is 0 Å². The lowest BCUT2D eigenvalue weighted by atomic mass is 10.6. The standard InChI is InChI=1S/C10H17N3O5S/c1-3-13-6-9(12-8(13)2)19(16,17)11-4-5-18-7-10(14)15/h6,11H,3-5,7H2,1-2H3,(H,14,15). The number of sulfonamides is 1. The van der Waals surface area contributed by atoms with Gasteiger partial charge in [0.2, 0.25) is 0 Å². The highest BCUT2D eigenvalue weighted by Crippen LogP contribution is 2.08. The Morgan fingerprint density at radius 1 is 1.58 bits per heavy atom. The lowest BCUT2D eigenvalue weighted by Crippen LogP contribution is -2.28. The number of aliphatic carboxylic acids is 1. The third-order valence-corrected chi connectivity index (χ3v) is 3.67. The number of carboxylic acid groups (broad SMARTS) is 1. The Bertz CT molecular complexity index is 537. The predicted molar refractivity (Wildman–Crippen MR) is 66.3 cm³/mol. The number of ether oxygens (including phenoxy) is 1. The van der Waals surface area contributed by atoms with E-state index in [0.717, 1.165) is 0 Å². The van der Waals surface area contributed by atoms with Gasteiger partial charge in [0.15, 0.2) is 5.03 Å². The molecule has 0 aliphatic heterocycles. The van der Waals surface area contributed by atoms with Gasteiger partial charge in [-0.3, -0.25) is 0 Å². The van der Waals surface area contributed by atoms with E-state index in [0.29, 0.717) is 12.4 Å². The Kier molecular flexibility index (Phi) is 5.45. The topological polar surface area (TPSA) is 111 Å². The molecule has 0 saturated heterocycles. The minimum Gasteiger partial charge on any atom is -0.480 e. The summed E-state index contributed by atoms with van der Waals surface area (Å²) >= 11 is 0. The molecule has 0 amide bonds. The molecule has 1 heterocycles. The van der Waals surface area contributed by atoms with Gasteiger partial charge in [-0.25, -0.2) is 22.9 Å². The van der Waals surface area contributed by atoms with Crippen molar-refractivity contribution in [1.29, 1.82) is 0 Å². The fourth-order valence-electron chi connectivity index (χ4n) is 1.41. The first kappa shape index (κ1) is 15.6. The molecule has 1 aromatic heterocycles. The van der Waals surface area contributed by atoms with Crippen LogP contribution in [0.2, 0.25) is 0 Å². The van der Waals surface area contributed by atoms with E-state index in [2.05, 4.69) is 9.71 Å². The van der Waals surface area contributed by atoms with Crippen LogP contribution in [0.5, 0.6) is 0 Å². The van der Waals surface area contributed by atoms with Gasteiger partial charge >= 0.3 is 5.97 Å². The van der Waals surface area contributed by atoms with Crippen LogP contribution >= 0.6 is 0 Å². The van der Waals surface area contributed by atoms with Crippen LogP contribution < -0.4 is 4.72 Å². The number of nitrogens with one attached hydrogen (secondary N) is 1. The fraction of sp³-hybridized carbons (Fsp3) is 0.600. The molecule has 19 heavy (non-hydrogen) atoms. The number of nitrogens with zero attached hydrogens (tertiary/aromatic N) is 2. The maximum absolute atomic E-state index is 11.9. The van der Waals surface area contributed by atoms with Crippen LogP contribution in [-0.2, 0) is 26.1 Å². The molecular formula is C10H17N3O5S. The second-order valence-corrected chi connectivity index (χ2v) is 5.47. The molecule has 2 N–H and O–H groups in total. The Balaban J connectivity index is 2.53. The monoisotopic (exact) mass is 291 g/mol. The molecule has 0 saturated carbocycles. The number of hydrogen-bond acceptors (Lipinski definition) is 5. The summed E-state index contributed by atoms with van der Waals surface area (Å²) in [5, 5.41) is 8.28. The van der Waals surface area contributed by atoms with Gasteiger partial charge in [-0.05, 0) is 13.8 Å². The summed E-state index contributed by atoms with van der Waals surface area (Å²) in [5.41, 5.74) is 0. The molecule has 0 unspecified atom stereocenters. The fourth-order valence-corrected chi connectivity index (χ4v) is 2.43. The number of aryl methyl sites for hydroxylation is 2. The summed E-state index contributed by atoms with van der Waals surface area (Å²) in [6.45, 7) is 3.77. The summed E-state index contributed by atoms with van der Waals surface area (Å²) < 4.78 is 32.4. The largest absolute Gasteiger partial charge is 0.480 e. The molecule has 0 spiro atoms. The maximum Gasteiger partial charge on any atom is 0.329 e. The molecule has 0 fully saturated rings. The van der Waals surface area contributed by atoms with E-state index in [-0.39, 0.29) is 18.2 Å². The summed E-state index contributed by atoms with van der Waals surface area (Å²) in [6.07, 6.45) is 1.45. The zero-order valence-electron chi connectivity index (χ0n) is 10.8. The second-order valence-electron chi connectivity index (χ2n) is 3.76. The van der Waals surface area contributed by atoms with Crippen molar-refractivity contribution >= 4 is 16.0 Å². The molecule has 0 aliphatic carbocycles. The van der Waals surface area contributed by atoms with Crippen molar-refractivity contribution in [3.63, 3.8) is 0 Å². The minimum absolute atomic E-state index is 0.00630. The molecule has 1 aromatic rings. The number of carbonyl (C=O) groups is 1. The molecule has 0 radical (unpaired) electrons. The van der Waals surface area contributed by atoms with Gasteiger partial charge in [-0.15, -0.1) is 0 Å². The number of rotatable bonds is 8. The molecule has 0 aliphatic rings. The summed E-state index contributed by atoms with van der Waals surface area (Å²) in [4.78, 5) is 14.1. The van der Waals surface area contributed by atoms with E-state index < -0.39 is 22.6 Å². The van der Waals surface area contributed by atoms with Gasteiger partial charge in [-0.1, -0.05) is 0 Å². The number of hydrogen-bond donors (Lipinski definition) is 2. The maximum atomic E-state index is 11.9. The molecular weight excluding hydrogens is 274 g/mol. The first-order valence-electron chi connectivity index (χ1n) is 5.69. The molecule has 0 atom stereocenters. The quantitative estimate of drug-likeness (QED) is 0.630. The molecule has 1 rings (SSSR count). The minimum atomic E-state index is -3.68. The van der Waals surface area contributed by atoms with E-state index >= 15 is 0 Å². The molecule has 9 heteroatoms. The zero-order valence-corrected chi connectivity index (χ0v) is 11.6. The summed E-state index contributed by atoms with van der Waals surface area (Å²) in [5.74, 6) is -0.481. The zero-order chi connectivity index (χ0) is 14.5. The van der Waals surface area contributed by atoms with E-state index in [1.165, 1.54) is 6.20 Å². The number of imidazole rings is 1. The van der Waals surface area contributed by atoms with Crippen LogP contribution in [0.25, 0.3) is 0 Å². The van der Waals surface area contributed by atoms with Crippen LogP contribution in [0.3, 0.4) is 0 Å². The van der Waals surface area contributed by atoms with Crippen LogP contribution in [0.1, 0.15) is 12.7 Å². The molecule has 8 nitrogen and oxygen atoms in total. The highest BCUT2D eigenvalue weighted by Gasteiger charge is 2.18. The van der Waals surface area contributed by atoms with Gasteiger partial charge in [0.25, 0.3) is 10.0 Å². The third-order valence-electron chi connectivity index (χ3n) is 2.33. The van der Waals surface area contributed by atoms with Crippen molar-refractivity contribution < 1.29 is 23.1 Å². The van der Waals surface area contributed by atoms with E-state index in [1.54, 1.807) is 11.5 Å². The van der Waals surface area contributed by atoms with Gasteiger partial charge in [0.1, 0.15) is 12.4 Å². The summed E-state index contributed by atoms with van der Waals surface area (Å²) in [7, 11) is -3.68. The van der Waals surface area contributed by atoms with Gasteiger partial charge in [-0.2, -0.15) is 0 Å². The van der Waals surface area contributed by atoms with E-state index in [4.69, 9.17) is 9.84 Å². The van der Waals surface area contributed by atoms with E-state index in [1.807, 2.05) is 6.92 Å². The first-order valence-corrected chi connectivity index (χ1v) is 7.18. The Hall–Kier alpha value is -1.45. The molecule has 108 valence electrons. The lowest BCUT2D eigenvalue weighted by molar-refractivity contribution is -0.142. The highest BCUT2D eigenvalue weighted by atomic mass is 32.2. The smallest absolute Gasteiger partial charge is 0.329 e. The Labute approximate surface area is 111 Å². The first-order chi connectivity index (χ1) is 8.86. The second kappa shape index (κ2) is 6.64. The summed E-state index contributed by atoms with van der Waals surface area (Å²) in [6, 6.07) is 0. The van der Waals surface area contributed by atoms with Crippen LogP contribution in [0, 0.1) is 6.92 Å². The third kappa shape index (κ3) is 4.62. The number of aromatic nitrogens is 2. The van der Waals surface area contributed by atoms with Crippen molar-refractivity contribution in [1.82, 2.24) is 14.3 Å². The van der Waals surface area contributed by atoms with E-state index in [9.17, 15) is 13.2 Å². The molecule has 0 aromatic carbocycles. The Morgan fingerprint density at radius 2 is 2.26 bits per heavy atom. The normalized spacial score (nSPS) is 11.7. The Morgan fingerprint density at radius 3 is 2.79 bits per heavy atom. The highest BCUT2D eigenvalue weighted by molar-refractivity contribution is 7.89. The lowest BCUT2D eigenvalue weighted by Gasteiger charge is -2.04. The van der Waals surface area contributed by atoms with Crippen molar-refractivity contribution in [2.45, 2.75) is 25.4 Å². The number of carboxylic acids is 1. The van der Waals surface area contributed by atoms with Gasteiger partial charge < -0.3 is 14.4 Å². The molecule has 0 bridgehead atoms. The van der Waals surface area contributed by atoms with Crippen molar-refractivity contribution in [3.05, 3.63) is 12.0 Å². The van der Waals surface area contributed by atoms with Crippen LogP contribution in [-0.4, -0.2) is 48.8 Å². The van der Waals surface area contributed by atoms with Crippen LogP contribution in [0.15, 0.2) is 11.2 Å². The average molecular weight is 291 g/mol. The average Bonchev–Trinajstić information content (AvgIpc) is 2.70. The van der Waals surface area contributed by atoms with Gasteiger partial charge in [0, 0.05) is 19.3 Å². The predicted octanol–water partition coefficient (Wildman–Crippen LogP) is -0.409. The van der Waals surface area contributed by atoms with Crippen molar-refractivity contribution in [3.8, 4) is 0 Å². The van der Waals surface area contributed by atoms with Crippen molar-refractivity contribution in [2.75, 3.05) is 19.8 Å².